The number of carbonyl (C=O) groups excluding carboxylic acids is 4. The van der Waals surface area contributed by atoms with Crippen LogP contribution in [0.5, 0.6) is 23.0 Å². The monoisotopic (exact) mass is 814 g/mol. The van der Waals surface area contributed by atoms with E-state index in [1.807, 2.05) is 0 Å². The number of benzene rings is 4. The lowest BCUT2D eigenvalue weighted by Gasteiger charge is -2.38. The first-order valence-electron chi connectivity index (χ1n) is 17.4. The minimum atomic E-state index is -5.92. The van der Waals surface area contributed by atoms with E-state index < -0.39 is 59.6 Å². The number of hydrogen-bond donors (Lipinski definition) is 0. The van der Waals surface area contributed by atoms with Gasteiger partial charge in [-0.15, -0.1) is 0 Å². The second kappa shape index (κ2) is 20.0. The van der Waals surface area contributed by atoms with Gasteiger partial charge in [0.05, 0.1) is 24.3 Å². The number of esters is 4. The molecule has 4 rings (SSSR count). The first-order chi connectivity index (χ1) is 27.6. The van der Waals surface area contributed by atoms with Crippen molar-refractivity contribution in [2.24, 2.45) is 0 Å². The Morgan fingerprint density at radius 2 is 0.862 bits per heavy atom. The Morgan fingerprint density at radius 3 is 1.28 bits per heavy atom. The summed E-state index contributed by atoms with van der Waals surface area (Å²) in [6.07, 6.45) is -6.76. The number of ether oxygens (including phenoxy) is 6. The molecule has 0 aliphatic heterocycles. The fourth-order valence-corrected chi connectivity index (χ4v) is 5.43. The van der Waals surface area contributed by atoms with Crippen LogP contribution in [-0.2, 0) is 24.5 Å². The van der Waals surface area contributed by atoms with Gasteiger partial charge in [-0.1, -0.05) is 37.4 Å². The lowest BCUT2D eigenvalue weighted by Crippen LogP contribution is -2.54. The molecule has 4 aromatic rings. The second-order valence-electron chi connectivity index (χ2n) is 12.2. The fraction of sp³-hybridized carbons (Fsp3) is 0.238. The zero-order chi connectivity index (χ0) is 42.3. The molecule has 0 heterocycles. The zero-order valence-corrected chi connectivity index (χ0v) is 30.6. The molecule has 0 radical (unpaired) electrons. The molecule has 0 atom stereocenters. The van der Waals surface area contributed by atoms with Crippen molar-refractivity contribution in [2.75, 3.05) is 20.0 Å². The first kappa shape index (κ1) is 44.1. The molecule has 16 heteroatoms. The van der Waals surface area contributed by atoms with Crippen molar-refractivity contribution in [2.45, 2.75) is 43.5 Å². The highest BCUT2D eigenvalue weighted by molar-refractivity contribution is 5.91. The van der Waals surface area contributed by atoms with Gasteiger partial charge in [-0.05, 0) is 110 Å². The summed E-state index contributed by atoms with van der Waals surface area (Å²) in [6.45, 7) is 6.79. The van der Waals surface area contributed by atoms with Gasteiger partial charge in [0.1, 0.15) is 23.0 Å². The summed E-state index contributed by atoms with van der Waals surface area (Å²) in [5, 5.41) is 0. The van der Waals surface area contributed by atoms with Crippen LogP contribution in [-0.4, -0.2) is 56.2 Å². The zero-order valence-electron chi connectivity index (χ0n) is 30.6. The van der Waals surface area contributed by atoms with Gasteiger partial charge in [-0.2, -0.15) is 26.3 Å². The van der Waals surface area contributed by atoms with Crippen LogP contribution in [0.15, 0.2) is 122 Å². The topological polar surface area (TPSA) is 124 Å². The number of alkyl halides is 6. The third-order valence-corrected chi connectivity index (χ3v) is 8.34. The normalized spacial score (nSPS) is 11.5. The third-order valence-electron chi connectivity index (χ3n) is 8.34. The van der Waals surface area contributed by atoms with Gasteiger partial charge in [-0.25, -0.2) is 19.2 Å². The van der Waals surface area contributed by atoms with Crippen molar-refractivity contribution in [1.82, 2.24) is 0 Å². The van der Waals surface area contributed by atoms with Crippen LogP contribution in [0, 0.1) is 0 Å². The van der Waals surface area contributed by atoms with Crippen LogP contribution >= 0.6 is 0 Å². The van der Waals surface area contributed by atoms with Crippen molar-refractivity contribution in [1.29, 1.82) is 0 Å². The van der Waals surface area contributed by atoms with E-state index in [1.165, 1.54) is 48.5 Å². The Balaban J connectivity index is 1.39. The maximum atomic E-state index is 14.7. The molecule has 0 aromatic heterocycles. The molecule has 0 bridgehead atoms. The molecule has 0 saturated carbocycles. The second-order valence-corrected chi connectivity index (χ2v) is 12.2. The smallest absolute Gasteiger partial charge is 0.411 e. The van der Waals surface area contributed by atoms with E-state index in [0.717, 1.165) is 49.3 Å². The van der Waals surface area contributed by atoms with Crippen molar-refractivity contribution in [3.8, 4) is 23.0 Å². The summed E-state index contributed by atoms with van der Waals surface area (Å²) >= 11 is 0. The van der Waals surface area contributed by atoms with Crippen LogP contribution in [0.3, 0.4) is 0 Å². The van der Waals surface area contributed by atoms with E-state index in [4.69, 9.17) is 23.7 Å². The van der Waals surface area contributed by atoms with Crippen molar-refractivity contribution in [3.05, 3.63) is 145 Å². The number of rotatable bonds is 19. The lowest BCUT2D eigenvalue weighted by atomic mass is 9.73. The summed E-state index contributed by atoms with van der Waals surface area (Å²) < 4.78 is 119. The van der Waals surface area contributed by atoms with E-state index in [9.17, 15) is 45.5 Å². The Morgan fingerprint density at radius 1 is 0.483 bits per heavy atom. The SMILES string of the molecule is C=CC(=O)OCCCCCCOc1ccc(C(=O)Oc2ccc(C(c3ccc(OC(=O)c4ccc(OCOC(=O)C=C)cc4)cc3)(C(F)(F)F)C(F)(F)F)cc2)cc1. The van der Waals surface area contributed by atoms with Gasteiger partial charge in [0.25, 0.3) is 0 Å². The molecule has 0 amide bonds. The van der Waals surface area contributed by atoms with Crippen molar-refractivity contribution in [3.63, 3.8) is 0 Å². The highest BCUT2D eigenvalue weighted by Crippen LogP contribution is 2.56. The van der Waals surface area contributed by atoms with E-state index in [0.29, 0.717) is 56.1 Å². The molecule has 10 nitrogen and oxygen atoms in total. The molecule has 0 N–H and O–H groups in total. The van der Waals surface area contributed by atoms with Gasteiger partial charge in [-0.3, -0.25) is 0 Å². The van der Waals surface area contributed by atoms with Gasteiger partial charge < -0.3 is 28.4 Å². The molecule has 0 fully saturated rings. The Bertz CT molecular complexity index is 2010. The quantitative estimate of drug-likeness (QED) is 0.0226. The summed E-state index contributed by atoms with van der Waals surface area (Å²) in [4.78, 5) is 47.5. The van der Waals surface area contributed by atoms with Crippen molar-refractivity contribution < 1.29 is 73.9 Å². The molecular weight excluding hydrogens is 778 g/mol. The molecule has 58 heavy (non-hydrogen) atoms. The summed E-state index contributed by atoms with van der Waals surface area (Å²) in [7, 11) is 0. The van der Waals surface area contributed by atoms with Crippen LogP contribution in [0.25, 0.3) is 0 Å². The molecule has 0 spiro atoms. The number of carbonyl (C=O) groups is 4. The van der Waals surface area contributed by atoms with Crippen molar-refractivity contribution >= 4 is 23.9 Å². The molecule has 0 aliphatic carbocycles. The van der Waals surface area contributed by atoms with E-state index in [2.05, 4.69) is 17.9 Å². The fourth-order valence-electron chi connectivity index (χ4n) is 5.43. The van der Waals surface area contributed by atoms with Gasteiger partial charge in [0.15, 0.2) is 0 Å². The van der Waals surface area contributed by atoms with Crippen LogP contribution in [0.2, 0.25) is 0 Å². The predicted octanol–water partition coefficient (Wildman–Crippen LogP) is 9.27. The Kier molecular flexibility index (Phi) is 15.2. The Labute approximate surface area is 328 Å². The van der Waals surface area contributed by atoms with Crippen LogP contribution in [0.1, 0.15) is 57.5 Å². The highest BCUT2D eigenvalue weighted by atomic mass is 19.4. The predicted molar refractivity (Wildman–Crippen MR) is 195 cm³/mol. The van der Waals surface area contributed by atoms with E-state index in [1.54, 1.807) is 0 Å². The molecule has 0 saturated heterocycles. The molecule has 0 aliphatic rings. The van der Waals surface area contributed by atoms with Crippen LogP contribution in [0.4, 0.5) is 26.3 Å². The number of halogens is 6. The summed E-state index contributed by atoms with van der Waals surface area (Å²) in [5.41, 5.74) is -6.95. The standard InChI is InChI=1S/C42H36F6O10/c1-3-36(49)54-26-8-6-5-7-25-53-32-17-9-28(10-18-32)38(51)57-34-21-13-30(14-22-34)40(41(43,44)45,42(46,47)48)31-15-23-35(24-16-31)58-39(52)29-11-19-33(20-12-29)55-27-56-37(50)4-2/h3-4,9-24H,1-2,5-8,25-27H2. The first-order valence-corrected chi connectivity index (χ1v) is 17.4. The Hall–Kier alpha value is -6.58. The van der Waals surface area contributed by atoms with Gasteiger partial charge in [0.2, 0.25) is 12.2 Å². The molecule has 306 valence electrons. The summed E-state index contributed by atoms with van der Waals surface area (Å²) in [5.74, 6) is -3.10. The minimum absolute atomic E-state index is 0.0344. The highest BCUT2D eigenvalue weighted by Gasteiger charge is 2.72. The van der Waals surface area contributed by atoms with Gasteiger partial charge >= 0.3 is 36.2 Å². The average Bonchev–Trinajstić information content (AvgIpc) is 3.19. The van der Waals surface area contributed by atoms with Crippen LogP contribution < -0.4 is 18.9 Å². The number of unbranched alkanes of at least 4 members (excludes halogenated alkanes) is 3. The maximum Gasteiger partial charge on any atom is 0.411 e. The largest absolute Gasteiger partial charge is 0.494 e. The molecule has 0 unspecified atom stereocenters. The summed E-state index contributed by atoms with van der Waals surface area (Å²) in [6, 6.07) is 16.5. The minimum Gasteiger partial charge on any atom is -0.494 e. The average molecular weight is 815 g/mol. The lowest BCUT2D eigenvalue weighted by molar-refractivity contribution is -0.288. The maximum absolute atomic E-state index is 14.7. The third kappa shape index (κ3) is 11.5. The molecule has 4 aromatic carbocycles. The number of hydrogen-bond acceptors (Lipinski definition) is 10. The van der Waals surface area contributed by atoms with E-state index >= 15 is 0 Å². The van der Waals surface area contributed by atoms with Gasteiger partial charge in [0, 0.05) is 12.2 Å². The molecular formula is C42H36F6O10. The van der Waals surface area contributed by atoms with E-state index in [-0.39, 0.29) is 28.4 Å².